The zero-order chi connectivity index (χ0) is 58.8. The van der Waals surface area contributed by atoms with Crippen LogP contribution >= 0.6 is 0 Å². The van der Waals surface area contributed by atoms with Crippen molar-refractivity contribution < 1.29 is 44.5 Å². The Bertz CT molecular complexity index is 1410. The highest BCUT2D eigenvalue weighted by Crippen LogP contribution is 2.53. The van der Waals surface area contributed by atoms with E-state index in [1.165, 1.54) is 96.3 Å². The van der Waals surface area contributed by atoms with Crippen molar-refractivity contribution in [3.63, 3.8) is 0 Å². The van der Waals surface area contributed by atoms with Crippen molar-refractivity contribution in [1.29, 1.82) is 0 Å². The Hall–Kier alpha value is -0.360. The van der Waals surface area contributed by atoms with Gasteiger partial charge in [-0.05, 0) is 190 Å². The van der Waals surface area contributed by atoms with Gasteiger partial charge in [0.25, 0.3) is 0 Å². The Morgan fingerprint density at radius 1 is 0.308 bits per heavy atom. The van der Waals surface area contributed by atoms with Gasteiger partial charge in [-0.1, -0.05) is 163 Å². The smallest absolute Gasteiger partial charge is 0.0805 e. The molecule has 4 heterocycles. The lowest BCUT2D eigenvalue weighted by molar-refractivity contribution is -0.185. The number of hydrogen-bond donors (Lipinski definition) is 5. The van der Waals surface area contributed by atoms with Gasteiger partial charge in [-0.25, -0.2) is 0 Å². The monoisotopic (exact) mass is 1110 g/mol. The minimum Gasteiger partial charge on any atom is -0.393 e. The molecule has 4 saturated heterocycles. The van der Waals surface area contributed by atoms with Crippen LogP contribution in [0.15, 0.2) is 0 Å². The summed E-state index contributed by atoms with van der Waals surface area (Å²) in [6.45, 7) is 47.8. The van der Waals surface area contributed by atoms with Crippen LogP contribution in [-0.2, 0) is 18.9 Å². The maximum Gasteiger partial charge on any atom is 0.0805 e. The summed E-state index contributed by atoms with van der Waals surface area (Å²) in [5.74, 6) is 11.4. The van der Waals surface area contributed by atoms with Gasteiger partial charge in [-0.2, -0.15) is 0 Å². The molecule has 0 aromatic heterocycles. The Labute approximate surface area is 484 Å². The number of hydrogen-bond acceptors (Lipinski definition) is 9. The fourth-order valence-electron chi connectivity index (χ4n) is 14.4. The summed E-state index contributed by atoms with van der Waals surface area (Å²) in [6, 6.07) is 0. The van der Waals surface area contributed by atoms with E-state index in [9.17, 15) is 20.4 Å². The largest absolute Gasteiger partial charge is 0.393 e. The Kier molecular flexibility index (Phi) is 36.5. The maximum absolute atomic E-state index is 9.72. The summed E-state index contributed by atoms with van der Waals surface area (Å²) >= 11 is 0. The molecule has 4 aliphatic heterocycles. The molecule has 0 radical (unpaired) electrons. The molecule has 9 nitrogen and oxygen atoms in total. The van der Waals surface area contributed by atoms with E-state index in [-0.39, 0.29) is 30.5 Å². The van der Waals surface area contributed by atoms with E-state index in [0.29, 0.717) is 76.6 Å². The van der Waals surface area contributed by atoms with E-state index in [1.807, 2.05) is 0 Å². The molecule has 0 bridgehead atoms. The van der Waals surface area contributed by atoms with Crippen LogP contribution in [0, 0.1) is 106 Å². The minimum absolute atomic E-state index is 0.00463. The third-order valence-electron chi connectivity index (χ3n) is 20.5. The van der Waals surface area contributed by atoms with E-state index in [1.54, 1.807) is 0 Å². The van der Waals surface area contributed by atoms with Crippen LogP contribution in [0.5, 0.6) is 0 Å². The molecular formula is C69H136O9. The second-order valence-corrected chi connectivity index (χ2v) is 29.9. The average Bonchev–Trinajstić information content (AvgIpc) is 3.66. The molecular weight excluding hydrogens is 973 g/mol. The lowest BCUT2D eigenvalue weighted by atomic mass is 9.58. The molecule has 0 amide bonds. The fraction of sp³-hybridized carbons (Fsp3) is 1.00. The van der Waals surface area contributed by atoms with Crippen LogP contribution in [0.1, 0.15) is 253 Å². The van der Waals surface area contributed by atoms with E-state index >= 15 is 0 Å². The molecule has 5 N–H and O–H groups in total. The van der Waals surface area contributed by atoms with Crippen LogP contribution in [0.25, 0.3) is 0 Å². The highest BCUT2D eigenvalue weighted by molar-refractivity contribution is 4.98. The lowest BCUT2D eigenvalue weighted by Crippen LogP contribution is -2.53. The molecule has 9 rings (SSSR count). The standard InChI is InChI=1S/2C10H20O.C9H16O.C9H18O.C8H16O2.2C8H16O.C7H14O/c1-8(2)9-5-6-11-7-10(9,3)4;1-8(2)9-6-4-3-5-7-10(9)11;1-7(2)8-3-9(4-8)5-10-6-9;1-7(2)8-5-3-4-6-9(8)10;1-6(2)7-3-4-10-5-8(7)9;1-7(2)8-3-5-9-6-4-8;1-6(2)7-4-3-5-8(7)9;1-5(2)6-3-4-7(6)8/h8-9H,5-7H2,1-4H3;8-11H,3-7H2,1-2H3;7-8H,3-6H2,1-2H3;7-10H,3-6H2,1-2H3;6-9H,3-5H2,1-2H3;7-8H,3-6H2,1-2H3;6-9H,3-5H2,1-2H3;5-8H,3-4H2,1-2H3. The number of aliphatic hydroxyl groups is 5. The molecule has 9 aliphatic rings. The van der Waals surface area contributed by atoms with Crippen LogP contribution in [0.3, 0.4) is 0 Å². The Morgan fingerprint density at radius 2 is 0.692 bits per heavy atom. The molecule has 1 spiro atoms. The van der Waals surface area contributed by atoms with E-state index in [4.69, 9.17) is 24.1 Å². The van der Waals surface area contributed by atoms with Crippen molar-refractivity contribution in [2.24, 2.45) is 106 Å². The first-order valence-corrected chi connectivity index (χ1v) is 33.4. The van der Waals surface area contributed by atoms with Gasteiger partial charge in [-0.3, -0.25) is 0 Å². The van der Waals surface area contributed by atoms with E-state index in [2.05, 4.69) is 125 Å². The topological polar surface area (TPSA) is 138 Å². The van der Waals surface area contributed by atoms with Gasteiger partial charge >= 0.3 is 0 Å². The summed E-state index contributed by atoms with van der Waals surface area (Å²) < 4.78 is 21.0. The van der Waals surface area contributed by atoms with Gasteiger partial charge in [0.15, 0.2) is 0 Å². The van der Waals surface area contributed by atoms with Crippen LogP contribution < -0.4 is 0 Å². The highest BCUT2D eigenvalue weighted by Gasteiger charge is 2.50. The number of ether oxygens (including phenoxy) is 4. The summed E-state index contributed by atoms with van der Waals surface area (Å²) in [5.41, 5.74) is 1.07. The zero-order valence-corrected chi connectivity index (χ0v) is 54.8. The fourth-order valence-corrected chi connectivity index (χ4v) is 14.4. The molecule has 11 atom stereocenters. The Balaban J connectivity index is 0.000000305. The maximum atomic E-state index is 9.72. The summed E-state index contributed by atoms with van der Waals surface area (Å²) in [4.78, 5) is 0. The van der Waals surface area contributed by atoms with E-state index < -0.39 is 0 Å². The first-order valence-electron chi connectivity index (χ1n) is 33.4. The summed E-state index contributed by atoms with van der Waals surface area (Å²) in [6.07, 6.45) is 24.2. The van der Waals surface area contributed by atoms with Crippen molar-refractivity contribution in [1.82, 2.24) is 0 Å². The predicted octanol–water partition coefficient (Wildman–Crippen LogP) is 15.9. The van der Waals surface area contributed by atoms with Crippen molar-refractivity contribution >= 4 is 0 Å². The van der Waals surface area contributed by atoms with Crippen LogP contribution in [0.2, 0.25) is 0 Å². The summed E-state index contributed by atoms with van der Waals surface area (Å²) in [5, 5.41) is 47.1. The molecule has 9 heteroatoms. The molecule has 5 saturated carbocycles. The first kappa shape index (κ1) is 73.7. The van der Waals surface area contributed by atoms with Gasteiger partial charge in [0.1, 0.15) is 0 Å². The van der Waals surface area contributed by atoms with Gasteiger partial charge in [0.05, 0.1) is 56.9 Å². The lowest BCUT2D eigenvalue weighted by Gasteiger charge is -2.54. The van der Waals surface area contributed by atoms with Gasteiger partial charge in [0.2, 0.25) is 0 Å². The van der Waals surface area contributed by atoms with Gasteiger partial charge in [-0.15, -0.1) is 0 Å². The van der Waals surface area contributed by atoms with Crippen LogP contribution in [0.4, 0.5) is 0 Å². The summed E-state index contributed by atoms with van der Waals surface area (Å²) in [7, 11) is 0. The third-order valence-corrected chi connectivity index (χ3v) is 20.5. The SMILES string of the molecule is CC(C)C1CC2(COC2)C1.CC(C)C1CCC1O.CC(C)C1CCCC1O.CC(C)C1CCCCC1O.CC(C)C1CCCCCC1O.CC(C)C1CCOCC1.CC(C)C1CCOCC1(C)C.CC(C)C1CCOCC1O. The van der Waals surface area contributed by atoms with Crippen molar-refractivity contribution in [2.45, 2.75) is 284 Å². The molecule has 0 aromatic rings. The first-order chi connectivity index (χ1) is 36.6. The third kappa shape index (κ3) is 27.1. The predicted molar refractivity (Wildman–Crippen MR) is 328 cm³/mol. The minimum atomic E-state index is -0.228. The highest BCUT2D eigenvalue weighted by atomic mass is 16.5. The molecule has 78 heavy (non-hydrogen) atoms. The van der Waals surface area contributed by atoms with Crippen molar-refractivity contribution in [2.75, 3.05) is 52.9 Å². The van der Waals surface area contributed by atoms with E-state index in [0.717, 1.165) is 114 Å². The number of rotatable bonds is 8. The molecule has 9 fully saturated rings. The van der Waals surface area contributed by atoms with Crippen molar-refractivity contribution in [3.8, 4) is 0 Å². The Morgan fingerprint density at radius 3 is 1.01 bits per heavy atom. The molecule has 11 unspecified atom stereocenters. The zero-order valence-electron chi connectivity index (χ0n) is 54.8. The van der Waals surface area contributed by atoms with Gasteiger partial charge in [0, 0.05) is 31.8 Å². The van der Waals surface area contributed by atoms with Crippen molar-refractivity contribution in [3.05, 3.63) is 0 Å². The normalized spacial score (nSPS) is 32.6. The molecule has 466 valence electrons. The van der Waals surface area contributed by atoms with Gasteiger partial charge < -0.3 is 44.5 Å². The second-order valence-electron chi connectivity index (χ2n) is 29.9. The molecule has 5 aliphatic carbocycles. The van der Waals surface area contributed by atoms with Crippen LogP contribution in [-0.4, -0.2) is 109 Å². The quantitative estimate of drug-likeness (QED) is 0.150. The second kappa shape index (κ2) is 38.6. The number of aliphatic hydroxyl groups excluding tert-OH is 5. The average molecular weight is 1110 g/mol. The molecule has 0 aromatic carbocycles.